The first kappa shape index (κ1) is 11.5. The van der Waals surface area contributed by atoms with E-state index in [2.05, 4.69) is 27.4 Å². The summed E-state index contributed by atoms with van der Waals surface area (Å²) in [5, 5.41) is 0. The highest BCUT2D eigenvalue weighted by molar-refractivity contribution is 9.10. The van der Waals surface area contributed by atoms with Gasteiger partial charge < -0.3 is 4.42 Å². The summed E-state index contributed by atoms with van der Waals surface area (Å²) < 4.78 is 6.44. The van der Waals surface area contributed by atoms with Crippen LogP contribution in [0.15, 0.2) is 27.3 Å². The predicted octanol–water partition coefficient (Wildman–Crippen LogP) is 3.15. The van der Waals surface area contributed by atoms with Crippen LogP contribution in [0.3, 0.4) is 0 Å². The van der Waals surface area contributed by atoms with Crippen LogP contribution in [0, 0.1) is 0 Å². The van der Waals surface area contributed by atoms with Crippen LogP contribution >= 0.6 is 27.3 Å². The van der Waals surface area contributed by atoms with E-state index >= 15 is 0 Å². The van der Waals surface area contributed by atoms with Crippen LogP contribution in [-0.4, -0.2) is 0 Å². The van der Waals surface area contributed by atoms with Gasteiger partial charge in [0.2, 0.25) is 0 Å². The van der Waals surface area contributed by atoms with Crippen molar-refractivity contribution < 1.29 is 4.42 Å². The molecule has 2 aromatic rings. The third-order valence-corrected chi connectivity index (χ3v) is 5.08. The zero-order valence-corrected chi connectivity index (χ0v) is 11.6. The second-order valence-corrected chi connectivity index (χ2v) is 6.21. The fourth-order valence-corrected chi connectivity index (χ4v) is 4.04. The molecule has 3 N–H and O–H groups in total. The Balaban J connectivity index is 1.97. The van der Waals surface area contributed by atoms with Crippen LogP contribution in [0.4, 0.5) is 0 Å². The summed E-state index contributed by atoms with van der Waals surface area (Å²) in [5.41, 5.74) is 4.32. The van der Waals surface area contributed by atoms with Crippen LogP contribution in [0.2, 0.25) is 0 Å². The molecule has 0 amide bonds. The lowest BCUT2D eigenvalue weighted by atomic mass is 10.1. The maximum absolute atomic E-state index is 5.66. The Labute approximate surface area is 112 Å². The molecule has 2 heterocycles. The van der Waals surface area contributed by atoms with Gasteiger partial charge in [-0.2, -0.15) is 0 Å². The summed E-state index contributed by atoms with van der Waals surface area (Å²) in [5.74, 6) is 6.50. The Morgan fingerprint density at radius 2 is 2.35 bits per heavy atom. The number of nitrogens with one attached hydrogen (secondary N) is 1. The molecule has 1 aliphatic carbocycles. The van der Waals surface area contributed by atoms with Crippen LogP contribution in [-0.2, 0) is 12.8 Å². The number of rotatable bonds is 3. The van der Waals surface area contributed by atoms with Gasteiger partial charge in [-0.3, -0.25) is 5.84 Å². The van der Waals surface area contributed by atoms with Crippen molar-refractivity contribution in [2.45, 2.75) is 25.3 Å². The van der Waals surface area contributed by atoms with E-state index in [0.717, 1.165) is 10.2 Å². The molecule has 0 aliphatic heterocycles. The zero-order chi connectivity index (χ0) is 11.8. The van der Waals surface area contributed by atoms with Gasteiger partial charge in [0.1, 0.15) is 11.8 Å². The molecule has 17 heavy (non-hydrogen) atoms. The molecule has 3 nitrogen and oxygen atoms in total. The largest absolute Gasteiger partial charge is 0.466 e. The summed E-state index contributed by atoms with van der Waals surface area (Å²) >= 11 is 5.31. The van der Waals surface area contributed by atoms with Gasteiger partial charge in [0.15, 0.2) is 0 Å². The molecule has 3 rings (SSSR count). The molecule has 0 fully saturated rings. The highest BCUT2D eigenvalue weighted by Crippen LogP contribution is 2.37. The van der Waals surface area contributed by atoms with Crippen LogP contribution in [0.5, 0.6) is 0 Å². The minimum Gasteiger partial charge on any atom is -0.466 e. The lowest BCUT2D eigenvalue weighted by molar-refractivity contribution is 0.453. The van der Waals surface area contributed by atoms with Crippen LogP contribution < -0.4 is 11.3 Å². The monoisotopic (exact) mass is 312 g/mol. The van der Waals surface area contributed by atoms with Gasteiger partial charge in [0, 0.05) is 9.75 Å². The molecular weight excluding hydrogens is 300 g/mol. The Morgan fingerprint density at radius 3 is 3.00 bits per heavy atom. The third kappa shape index (κ3) is 1.97. The molecule has 1 atom stereocenters. The fourth-order valence-electron chi connectivity index (χ4n) is 2.29. The summed E-state index contributed by atoms with van der Waals surface area (Å²) in [6.07, 6.45) is 5.36. The Kier molecular flexibility index (Phi) is 3.08. The van der Waals surface area contributed by atoms with E-state index in [0.29, 0.717) is 0 Å². The van der Waals surface area contributed by atoms with Crippen molar-refractivity contribution >= 4 is 27.3 Å². The third-order valence-electron chi connectivity index (χ3n) is 3.12. The zero-order valence-electron chi connectivity index (χ0n) is 9.20. The van der Waals surface area contributed by atoms with Crippen molar-refractivity contribution in [2.24, 2.45) is 5.84 Å². The first-order chi connectivity index (χ1) is 8.29. The van der Waals surface area contributed by atoms with Gasteiger partial charge in [-0.15, -0.1) is 11.3 Å². The lowest BCUT2D eigenvalue weighted by Crippen LogP contribution is -2.28. The van der Waals surface area contributed by atoms with Gasteiger partial charge in [-0.25, -0.2) is 5.43 Å². The Bertz CT molecular complexity index is 513. The number of hydrogen-bond donors (Lipinski definition) is 2. The Hall–Kier alpha value is -0.620. The summed E-state index contributed by atoms with van der Waals surface area (Å²) in [6, 6.07) is 4.09. The Morgan fingerprint density at radius 1 is 1.47 bits per heavy atom. The second kappa shape index (κ2) is 4.57. The molecule has 2 aromatic heterocycles. The molecule has 0 saturated heterocycles. The van der Waals surface area contributed by atoms with Gasteiger partial charge in [-0.05, 0) is 52.9 Å². The molecule has 1 unspecified atom stereocenters. The van der Waals surface area contributed by atoms with E-state index in [1.54, 1.807) is 6.26 Å². The van der Waals surface area contributed by atoms with Crippen molar-refractivity contribution in [1.29, 1.82) is 0 Å². The molecule has 0 aromatic carbocycles. The number of furan rings is 1. The molecule has 90 valence electrons. The number of aryl methyl sites for hydroxylation is 2. The van der Waals surface area contributed by atoms with E-state index in [9.17, 15) is 0 Å². The average molecular weight is 313 g/mol. The van der Waals surface area contributed by atoms with E-state index in [1.165, 1.54) is 34.6 Å². The fraction of sp³-hybridized carbons (Fsp3) is 0.333. The van der Waals surface area contributed by atoms with Crippen molar-refractivity contribution in [1.82, 2.24) is 5.43 Å². The predicted molar refractivity (Wildman–Crippen MR) is 71.9 cm³/mol. The lowest BCUT2D eigenvalue weighted by Gasteiger charge is -2.12. The maximum Gasteiger partial charge on any atom is 0.141 e. The number of hydrogen-bond acceptors (Lipinski definition) is 4. The molecule has 0 spiro atoms. The number of hydrazine groups is 1. The van der Waals surface area contributed by atoms with Gasteiger partial charge in [0.05, 0.1) is 10.7 Å². The minimum atomic E-state index is -0.0602. The van der Waals surface area contributed by atoms with Crippen molar-refractivity contribution in [3.05, 3.63) is 43.9 Å². The number of nitrogens with two attached hydrogens (primary N) is 1. The summed E-state index contributed by atoms with van der Waals surface area (Å²) in [6.45, 7) is 0. The molecule has 5 heteroatoms. The summed E-state index contributed by atoms with van der Waals surface area (Å²) in [4.78, 5) is 2.73. The van der Waals surface area contributed by atoms with Crippen molar-refractivity contribution in [2.75, 3.05) is 0 Å². The normalized spacial score (nSPS) is 16.1. The second-order valence-electron chi connectivity index (χ2n) is 4.18. The van der Waals surface area contributed by atoms with E-state index in [4.69, 9.17) is 10.3 Å². The number of fused-ring (bicyclic) bond motifs is 1. The van der Waals surface area contributed by atoms with Crippen molar-refractivity contribution in [3.63, 3.8) is 0 Å². The molecule has 1 aliphatic rings. The molecular formula is C12H13BrN2OS. The number of halogens is 1. The summed E-state index contributed by atoms with van der Waals surface area (Å²) in [7, 11) is 0. The molecule has 0 radical (unpaired) electrons. The standard InChI is InChI=1S/C12H13BrN2OS/c13-8-4-5-16-12(8)11(15-14)10-6-7-2-1-3-9(7)17-10/h4-6,11,15H,1-3,14H2. The van der Waals surface area contributed by atoms with E-state index in [-0.39, 0.29) is 6.04 Å². The molecule has 0 bridgehead atoms. The maximum atomic E-state index is 5.66. The first-order valence-corrected chi connectivity index (χ1v) is 7.21. The topological polar surface area (TPSA) is 51.2 Å². The number of thiophene rings is 1. The van der Waals surface area contributed by atoms with E-state index < -0.39 is 0 Å². The quantitative estimate of drug-likeness (QED) is 0.676. The average Bonchev–Trinajstić information content (AvgIpc) is 2.96. The van der Waals surface area contributed by atoms with Crippen LogP contribution in [0.1, 0.15) is 33.5 Å². The van der Waals surface area contributed by atoms with E-state index in [1.807, 2.05) is 17.4 Å². The van der Waals surface area contributed by atoms with Crippen LogP contribution in [0.25, 0.3) is 0 Å². The SMILES string of the molecule is NNC(c1cc2c(s1)CCC2)c1occc1Br. The van der Waals surface area contributed by atoms with Gasteiger partial charge in [-0.1, -0.05) is 0 Å². The highest BCUT2D eigenvalue weighted by Gasteiger charge is 2.24. The smallest absolute Gasteiger partial charge is 0.141 e. The van der Waals surface area contributed by atoms with Crippen molar-refractivity contribution in [3.8, 4) is 0 Å². The first-order valence-electron chi connectivity index (χ1n) is 5.60. The highest BCUT2D eigenvalue weighted by atomic mass is 79.9. The minimum absolute atomic E-state index is 0.0602. The van der Waals surface area contributed by atoms with Gasteiger partial charge in [0.25, 0.3) is 0 Å². The van der Waals surface area contributed by atoms with Gasteiger partial charge >= 0.3 is 0 Å². The molecule has 0 saturated carbocycles.